The molecule has 1 unspecified atom stereocenters. The highest BCUT2D eigenvalue weighted by atomic mass is 32.2. The lowest BCUT2D eigenvalue weighted by molar-refractivity contribution is 0.0953. The number of rotatable bonds is 7. The summed E-state index contributed by atoms with van der Waals surface area (Å²) in [7, 11) is -3.52. The first-order valence-electron chi connectivity index (χ1n) is 10.1. The SMILES string of the molecule is CC1CCCCN1S(=O)(=O)c1ccc(C(=O)NCCCc2ccc(O)cc2)cc1. The summed E-state index contributed by atoms with van der Waals surface area (Å²) >= 11 is 0. The Morgan fingerprint density at radius 2 is 1.79 bits per heavy atom. The van der Waals surface area contributed by atoms with E-state index in [1.54, 1.807) is 28.6 Å². The van der Waals surface area contributed by atoms with Crippen LogP contribution < -0.4 is 5.32 Å². The first kappa shape index (κ1) is 21.3. The minimum Gasteiger partial charge on any atom is -0.508 e. The third-order valence-electron chi connectivity index (χ3n) is 5.33. The largest absolute Gasteiger partial charge is 0.508 e. The number of hydrogen-bond donors (Lipinski definition) is 2. The Kier molecular flexibility index (Phi) is 6.92. The quantitative estimate of drug-likeness (QED) is 0.678. The van der Waals surface area contributed by atoms with Crippen LogP contribution in [0.25, 0.3) is 0 Å². The molecule has 0 aromatic heterocycles. The molecule has 29 heavy (non-hydrogen) atoms. The maximum absolute atomic E-state index is 12.9. The molecule has 156 valence electrons. The lowest BCUT2D eigenvalue weighted by atomic mass is 10.1. The fourth-order valence-electron chi connectivity index (χ4n) is 3.60. The zero-order valence-electron chi connectivity index (χ0n) is 16.7. The number of carbonyl (C=O) groups excluding carboxylic acids is 1. The van der Waals surface area contributed by atoms with Crippen LogP contribution in [-0.2, 0) is 16.4 Å². The Morgan fingerprint density at radius 3 is 2.45 bits per heavy atom. The molecule has 0 saturated carbocycles. The van der Waals surface area contributed by atoms with Crippen molar-refractivity contribution in [3.8, 4) is 5.75 Å². The van der Waals surface area contributed by atoms with Crippen molar-refractivity contribution < 1.29 is 18.3 Å². The van der Waals surface area contributed by atoms with Gasteiger partial charge >= 0.3 is 0 Å². The van der Waals surface area contributed by atoms with Gasteiger partial charge in [-0.3, -0.25) is 4.79 Å². The number of aryl methyl sites for hydroxylation is 1. The normalized spacial score (nSPS) is 17.8. The molecule has 0 aliphatic carbocycles. The number of nitrogens with one attached hydrogen (secondary N) is 1. The van der Waals surface area contributed by atoms with Gasteiger partial charge in [0.25, 0.3) is 5.91 Å². The highest BCUT2D eigenvalue weighted by Gasteiger charge is 2.30. The van der Waals surface area contributed by atoms with Crippen LogP contribution in [-0.4, -0.2) is 42.9 Å². The molecule has 1 fully saturated rings. The standard InChI is InChI=1S/C22H28N2O4S/c1-17-5-2-3-16-24(17)29(27,28)21-13-9-19(10-14-21)22(26)23-15-4-6-18-7-11-20(25)12-8-18/h7-14,17,25H,2-6,15-16H2,1H3,(H,23,26). The molecule has 0 bridgehead atoms. The minimum atomic E-state index is -3.52. The molecule has 3 rings (SSSR count). The molecule has 1 aliphatic heterocycles. The third-order valence-corrected chi connectivity index (χ3v) is 7.36. The molecule has 2 aromatic rings. The Labute approximate surface area is 172 Å². The fourth-order valence-corrected chi connectivity index (χ4v) is 5.30. The molecule has 1 aliphatic rings. The summed E-state index contributed by atoms with van der Waals surface area (Å²) in [5.41, 5.74) is 1.54. The average Bonchev–Trinajstić information content (AvgIpc) is 2.72. The van der Waals surface area contributed by atoms with Crippen molar-refractivity contribution >= 4 is 15.9 Å². The Bertz CT molecular complexity index is 924. The van der Waals surface area contributed by atoms with Crippen LogP contribution in [0, 0.1) is 0 Å². The number of piperidine rings is 1. The number of phenolic OH excluding ortho intramolecular Hbond substituents is 1. The van der Waals surface area contributed by atoms with E-state index in [0.29, 0.717) is 18.7 Å². The van der Waals surface area contributed by atoms with Crippen molar-refractivity contribution in [2.45, 2.75) is 50.0 Å². The van der Waals surface area contributed by atoms with Gasteiger partial charge in [0.2, 0.25) is 10.0 Å². The maximum Gasteiger partial charge on any atom is 0.251 e. The Hall–Kier alpha value is -2.38. The zero-order valence-corrected chi connectivity index (χ0v) is 17.5. The molecular formula is C22H28N2O4S. The number of carbonyl (C=O) groups is 1. The van der Waals surface area contributed by atoms with Gasteiger partial charge in [-0.1, -0.05) is 18.6 Å². The fraction of sp³-hybridized carbons (Fsp3) is 0.409. The van der Waals surface area contributed by atoms with Crippen LogP contribution in [0.2, 0.25) is 0 Å². The minimum absolute atomic E-state index is 0.00491. The lowest BCUT2D eigenvalue weighted by Crippen LogP contribution is -2.41. The van der Waals surface area contributed by atoms with E-state index in [-0.39, 0.29) is 22.6 Å². The Balaban J connectivity index is 1.53. The van der Waals surface area contributed by atoms with Crippen molar-refractivity contribution in [1.29, 1.82) is 0 Å². The van der Waals surface area contributed by atoms with Gasteiger partial charge in [0.05, 0.1) is 4.90 Å². The molecule has 1 atom stereocenters. The average molecular weight is 417 g/mol. The van der Waals surface area contributed by atoms with Crippen molar-refractivity contribution in [1.82, 2.24) is 9.62 Å². The topological polar surface area (TPSA) is 86.7 Å². The second kappa shape index (κ2) is 9.41. The number of benzene rings is 2. The third kappa shape index (κ3) is 5.36. The van der Waals surface area contributed by atoms with Crippen LogP contribution in [0.1, 0.15) is 48.5 Å². The molecule has 7 heteroatoms. The number of phenols is 1. The molecule has 2 aromatic carbocycles. The smallest absolute Gasteiger partial charge is 0.251 e. The number of amides is 1. The van der Waals surface area contributed by atoms with Crippen molar-refractivity contribution in [2.24, 2.45) is 0 Å². The van der Waals surface area contributed by atoms with E-state index < -0.39 is 10.0 Å². The van der Waals surface area contributed by atoms with Crippen LogP contribution >= 0.6 is 0 Å². The van der Waals surface area contributed by atoms with E-state index in [1.165, 1.54) is 12.1 Å². The van der Waals surface area contributed by atoms with Crippen molar-refractivity contribution in [3.05, 3.63) is 59.7 Å². The summed E-state index contributed by atoms with van der Waals surface area (Å²) in [6.45, 7) is 3.01. The van der Waals surface area contributed by atoms with Crippen LogP contribution in [0.3, 0.4) is 0 Å². The molecule has 0 spiro atoms. The van der Waals surface area contributed by atoms with E-state index >= 15 is 0 Å². The molecular weight excluding hydrogens is 388 g/mol. The van der Waals surface area contributed by atoms with Crippen molar-refractivity contribution in [2.75, 3.05) is 13.1 Å². The molecule has 1 amide bonds. The van der Waals surface area contributed by atoms with E-state index in [4.69, 9.17) is 0 Å². The second-order valence-electron chi connectivity index (χ2n) is 7.51. The van der Waals surface area contributed by atoms with Crippen LogP contribution in [0.5, 0.6) is 5.75 Å². The second-order valence-corrected chi connectivity index (χ2v) is 9.40. The Morgan fingerprint density at radius 1 is 1.10 bits per heavy atom. The number of nitrogens with zero attached hydrogens (tertiary/aromatic N) is 1. The van der Waals surface area contributed by atoms with E-state index in [1.807, 2.05) is 19.1 Å². The van der Waals surface area contributed by atoms with Gasteiger partial charge in [0.15, 0.2) is 0 Å². The van der Waals surface area contributed by atoms with Gasteiger partial charge in [0, 0.05) is 24.7 Å². The van der Waals surface area contributed by atoms with Crippen molar-refractivity contribution in [3.63, 3.8) is 0 Å². The highest BCUT2D eigenvalue weighted by molar-refractivity contribution is 7.89. The summed E-state index contributed by atoms with van der Waals surface area (Å²) in [5.74, 6) is 0.0215. The lowest BCUT2D eigenvalue weighted by Gasteiger charge is -2.32. The predicted octanol–water partition coefficient (Wildman–Crippen LogP) is 3.32. The van der Waals surface area contributed by atoms with Gasteiger partial charge in [-0.15, -0.1) is 0 Å². The molecule has 1 heterocycles. The zero-order chi connectivity index (χ0) is 20.9. The molecule has 6 nitrogen and oxygen atoms in total. The van der Waals surface area contributed by atoms with E-state index in [0.717, 1.165) is 37.7 Å². The van der Waals surface area contributed by atoms with Gasteiger partial charge in [-0.05, 0) is 74.6 Å². The van der Waals surface area contributed by atoms with Gasteiger partial charge in [-0.2, -0.15) is 4.31 Å². The molecule has 1 saturated heterocycles. The van der Waals surface area contributed by atoms with Gasteiger partial charge in [-0.25, -0.2) is 8.42 Å². The first-order valence-corrected chi connectivity index (χ1v) is 11.5. The molecule has 2 N–H and O–H groups in total. The summed E-state index contributed by atoms with van der Waals surface area (Å²) in [6, 6.07) is 13.2. The summed E-state index contributed by atoms with van der Waals surface area (Å²) in [5, 5.41) is 12.1. The molecule has 0 radical (unpaired) electrons. The number of aromatic hydroxyl groups is 1. The summed E-state index contributed by atoms with van der Waals surface area (Å²) < 4.78 is 27.3. The van der Waals surface area contributed by atoms with Crippen LogP contribution in [0.15, 0.2) is 53.4 Å². The monoisotopic (exact) mass is 416 g/mol. The maximum atomic E-state index is 12.9. The summed E-state index contributed by atoms with van der Waals surface area (Å²) in [6.07, 6.45) is 4.39. The van der Waals surface area contributed by atoms with E-state index in [9.17, 15) is 18.3 Å². The van der Waals surface area contributed by atoms with Gasteiger partial charge in [0.1, 0.15) is 5.75 Å². The predicted molar refractivity (Wildman–Crippen MR) is 112 cm³/mol. The number of sulfonamides is 1. The highest BCUT2D eigenvalue weighted by Crippen LogP contribution is 2.25. The first-order chi connectivity index (χ1) is 13.9. The van der Waals surface area contributed by atoms with Gasteiger partial charge < -0.3 is 10.4 Å². The van der Waals surface area contributed by atoms with Crippen LogP contribution in [0.4, 0.5) is 0 Å². The summed E-state index contributed by atoms with van der Waals surface area (Å²) in [4.78, 5) is 12.5. The number of hydrogen-bond acceptors (Lipinski definition) is 4. The van der Waals surface area contributed by atoms with E-state index in [2.05, 4.69) is 5.32 Å².